The van der Waals surface area contributed by atoms with Crippen LogP contribution in [0, 0.1) is 5.92 Å². The smallest absolute Gasteiger partial charge is 0.260 e. The van der Waals surface area contributed by atoms with E-state index in [9.17, 15) is 9.59 Å². The van der Waals surface area contributed by atoms with Gasteiger partial charge in [-0.1, -0.05) is 44.2 Å². The van der Waals surface area contributed by atoms with Crippen LogP contribution in [-0.2, 0) is 22.7 Å². The Bertz CT molecular complexity index is 1050. The van der Waals surface area contributed by atoms with E-state index in [1.165, 1.54) is 31.5 Å². The molecule has 0 aromatic heterocycles. The van der Waals surface area contributed by atoms with E-state index in [1.807, 2.05) is 46.2 Å². The van der Waals surface area contributed by atoms with Gasteiger partial charge in [0.15, 0.2) is 6.61 Å². The minimum atomic E-state index is -0.0425. The lowest BCUT2D eigenvalue weighted by Gasteiger charge is -2.28. The maximum Gasteiger partial charge on any atom is 0.260 e. The van der Waals surface area contributed by atoms with Gasteiger partial charge in [-0.05, 0) is 74.1 Å². The van der Waals surface area contributed by atoms with Crippen molar-refractivity contribution in [2.24, 2.45) is 5.92 Å². The minimum Gasteiger partial charge on any atom is -0.484 e. The normalized spacial score (nSPS) is 17.8. The van der Waals surface area contributed by atoms with Crippen LogP contribution in [0.3, 0.4) is 0 Å². The molecule has 4 rings (SSSR count). The zero-order valence-corrected chi connectivity index (χ0v) is 23.4. The molecule has 0 saturated carbocycles. The molecule has 2 amide bonds. The lowest BCUT2D eigenvalue weighted by atomic mass is 10.1. The first-order valence-corrected chi connectivity index (χ1v) is 14.2. The van der Waals surface area contributed by atoms with Crippen molar-refractivity contribution < 1.29 is 14.3 Å². The van der Waals surface area contributed by atoms with Crippen molar-refractivity contribution in [3.63, 3.8) is 0 Å². The van der Waals surface area contributed by atoms with E-state index in [2.05, 4.69) is 35.8 Å². The fraction of sp³-hybridized carbons (Fsp3) is 0.548. The van der Waals surface area contributed by atoms with Gasteiger partial charge in [-0.2, -0.15) is 0 Å². The van der Waals surface area contributed by atoms with Gasteiger partial charge in [0, 0.05) is 51.9 Å². The first-order valence-electron chi connectivity index (χ1n) is 14.2. The van der Waals surface area contributed by atoms with E-state index in [-0.39, 0.29) is 18.4 Å². The Balaban J connectivity index is 1.45. The Labute approximate surface area is 228 Å². The quantitative estimate of drug-likeness (QED) is 0.542. The largest absolute Gasteiger partial charge is 0.484 e. The van der Waals surface area contributed by atoms with E-state index in [4.69, 9.17) is 4.74 Å². The second-order valence-electron chi connectivity index (χ2n) is 11.1. The van der Waals surface area contributed by atoms with Crippen LogP contribution in [0.25, 0.3) is 0 Å². The monoisotopic (exact) mass is 520 g/mol. The molecular formula is C31H44N4O3. The lowest BCUT2D eigenvalue weighted by molar-refractivity contribution is -0.134. The Morgan fingerprint density at radius 3 is 2.26 bits per heavy atom. The Morgan fingerprint density at radius 1 is 0.842 bits per heavy atom. The van der Waals surface area contributed by atoms with E-state index in [1.54, 1.807) is 6.92 Å². The molecule has 1 saturated heterocycles. The number of fused-ring (bicyclic) bond motifs is 1. The number of amides is 2. The van der Waals surface area contributed by atoms with Gasteiger partial charge in [-0.25, -0.2) is 0 Å². The van der Waals surface area contributed by atoms with Crippen LogP contribution < -0.4 is 9.64 Å². The number of anilines is 1. The van der Waals surface area contributed by atoms with Gasteiger partial charge < -0.3 is 19.4 Å². The summed E-state index contributed by atoms with van der Waals surface area (Å²) in [5, 5.41) is 0. The predicted octanol–water partition coefficient (Wildman–Crippen LogP) is 4.40. The summed E-state index contributed by atoms with van der Waals surface area (Å²) in [6, 6.07) is 16.1. The number of likely N-dealkylation sites (tertiary alicyclic amines) is 1. The molecule has 206 valence electrons. The van der Waals surface area contributed by atoms with Crippen molar-refractivity contribution in [2.45, 2.75) is 53.1 Å². The van der Waals surface area contributed by atoms with Crippen molar-refractivity contribution >= 4 is 17.5 Å². The third kappa shape index (κ3) is 8.05. The fourth-order valence-electron chi connectivity index (χ4n) is 5.50. The fourth-order valence-corrected chi connectivity index (χ4v) is 5.50. The Hall–Kier alpha value is -2.90. The van der Waals surface area contributed by atoms with Gasteiger partial charge in [0.25, 0.3) is 5.91 Å². The van der Waals surface area contributed by atoms with Crippen molar-refractivity contribution in [3.05, 3.63) is 59.7 Å². The summed E-state index contributed by atoms with van der Waals surface area (Å²) in [6.07, 6.45) is 3.46. The van der Waals surface area contributed by atoms with Gasteiger partial charge in [0.2, 0.25) is 5.91 Å². The lowest BCUT2D eigenvalue weighted by Crippen LogP contribution is -2.41. The van der Waals surface area contributed by atoms with Crippen LogP contribution in [0.2, 0.25) is 0 Å². The zero-order valence-electron chi connectivity index (χ0n) is 23.4. The molecule has 38 heavy (non-hydrogen) atoms. The van der Waals surface area contributed by atoms with Crippen molar-refractivity contribution in [1.82, 2.24) is 14.7 Å². The molecule has 0 radical (unpaired) electrons. The molecule has 0 N–H and O–H groups in total. The Morgan fingerprint density at radius 2 is 1.55 bits per heavy atom. The highest BCUT2D eigenvalue weighted by Gasteiger charge is 2.23. The average Bonchev–Trinajstić information content (AvgIpc) is 3.40. The molecule has 2 aliphatic rings. The van der Waals surface area contributed by atoms with Crippen LogP contribution in [-0.4, -0.2) is 78.9 Å². The highest BCUT2D eigenvalue weighted by atomic mass is 16.5. The molecule has 0 spiro atoms. The van der Waals surface area contributed by atoms with Crippen molar-refractivity contribution in [2.75, 3.05) is 57.3 Å². The molecule has 2 aromatic carbocycles. The summed E-state index contributed by atoms with van der Waals surface area (Å²) in [5.41, 5.74) is 3.15. The number of hydrogen-bond acceptors (Lipinski definition) is 5. The summed E-state index contributed by atoms with van der Waals surface area (Å²) in [4.78, 5) is 34.7. The van der Waals surface area contributed by atoms with Crippen molar-refractivity contribution in [3.8, 4) is 5.75 Å². The molecule has 7 heteroatoms. The second-order valence-corrected chi connectivity index (χ2v) is 11.1. The van der Waals surface area contributed by atoms with Crippen LogP contribution in [0.1, 0.15) is 51.2 Å². The number of para-hydroxylation sites is 1. The van der Waals surface area contributed by atoms with Crippen LogP contribution in [0.4, 0.5) is 5.69 Å². The third-order valence-corrected chi connectivity index (χ3v) is 7.43. The molecule has 1 fully saturated rings. The molecule has 2 aromatic rings. The molecule has 7 nitrogen and oxygen atoms in total. The maximum absolute atomic E-state index is 13.5. The van der Waals surface area contributed by atoms with Gasteiger partial charge in [-0.15, -0.1) is 0 Å². The molecular weight excluding hydrogens is 476 g/mol. The average molecular weight is 521 g/mol. The number of rotatable bonds is 7. The van der Waals surface area contributed by atoms with Crippen LogP contribution in [0.5, 0.6) is 5.75 Å². The van der Waals surface area contributed by atoms with Crippen LogP contribution >= 0.6 is 0 Å². The molecule has 0 unspecified atom stereocenters. The summed E-state index contributed by atoms with van der Waals surface area (Å²) in [7, 11) is 0. The van der Waals surface area contributed by atoms with Gasteiger partial charge in [0.1, 0.15) is 5.75 Å². The highest BCUT2D eigenvalue weighted by molar-refractivity contribution is 5.92. The standard InChI is InChI=1S/C31H44N4O3/c1-25(2)21-33-17-8-18-35(26(3)36)30-10-5-4-9-28(30)23-34(20-19-33)31(37)24-38-29-13-11-27(12-14-29)22-32-15-6-7-16-32/h4-5,9-14,25H,6-8,15-24H2,1-3H3. The topological polar surface area (TPSA) is 56.3 Å². The van der Waals surface area contributed by atoms with E-state index in [0.717, 1.165) is 43.9 Å². The van der Waals surface area contributed by atoms with Gasteiger partial charge in [-0.3, -0.25) is 14.5 Å². The molecule has 2 heterocycles. The first kappa shape index (κ1) is 28.1. The maximum atomic E-state index is 13.5. The summed E-state index contributed by atoms with van der Waals surface area (Å²) >= 11 is 0. The SMILES string of the molecule is CC(=O)N1CCCN(CC(C)C)CCN(C(=O)COc2ccc(CN3CCCC3)cc2)Cc2ccccc21. The third-order valence-electron chi connectivity index (χ3n) is 7.43. The molecule has 0 atom stereocenters. The number of ether oxygens (including phenoxy) is 1. The van der Waals surface area contributed by atoms with Gasteiger partial charge in [0.05, 0.1) is 0 Å². The number of benzene rings is 2. The minimum absolute atomic E-state index is 0.00571. The van der Waals surface area contributed by atoms with E-state index >= 15 is 0 Å². The molecule has 0 bridgehead atoms. The van der Waals surface area contributed by atoms with E-state index < -0.39 is 0 Å². The van der Waals surface area contributed by atoms with E-state index in [0.29, 0.717) is 31.3 Å². The molecule has 0 aliphatic carbocycles. The van der Waals surface area contributed by atoms with Crippen LogP contribution in [0.15, 0.2) is 48.5 Å². The number of hydrogen-bond donors (Lipinski definition) is 0. The number of nitrogens with zero attached hydrogens (tertiary/aromatic N) is 4. The summed E-state index contributed by atoms with van der Waals surface area (Å²) in [6.45, 7) is 13.8. The molecule has 2 aliphatic heterocycles. The summed E-state index contributed by atoms with van der Waals surface area (Å²) < 4.78 is 5.95. The van der Waals surface area contributed by atoms with Gasteiger partial charge >= 0.3 is 0 Å². The zero-order chi connectivity index (χ0) is 26.9. The highest BCUT2D eigenvalue weighted by Crippen LogP contribution is 2.24. The Kier molecular flexibility index (Phi) is 10.2. The predicted molar refractivity (Wildman–Crippen MR) is 152 cm³/mol. The number of carbonyl (C=O) groups is 2. The number of carbonyl (C=O) groups excluding carboxylic acids is 2. The second kappa shape index (κ2) is 13.8. The summed E-state index contributed by atoms with van der Waals surface area (Å²) in [5.74, 6) is 1.23. The van der Waals surface area contributed by atoms with Crippen molar-refractivity contribution in [1.29, 1.82) is 0 Å². The first-order chi connectivity index (χ1) is 18.4.